The Labute approximate surface area is 225 Å². The van der Waals surface area contributed by atoms with Crippen molar-refractivity contribution in [2.45, 2.75) is 13.8 Å². The predicted octanol–water partition coefficient (Wildman–Crippen LogP) is 6.08. The number of hydrogen-bond donors (Lipinski definition) is 1. The highest BCUT2D eigenvalue weighted by atomic mass is 35.5. The molecule has 1 aromatic heterocycles. The highest BCUT2D eigenvalue weighted by Gasteiger charge is 2.23. The summed E-state index contributed by atoms with van der Waals surface area (Å²) in [6.45, 7) is 3.86. The zero-order valence-electron chi connectivity index (χ0n) is 21.3. The summed E-state index contributed by atoms with van der Waals surface area (Å²) >= 11 is 6.04. The predicted molar refractivity (Wildman–Crippen MR) is 146 cm³/mol. The number of halogens is 2. The summed E-state index contributed by atoms with van der Waals surface area (Å²) in [5.74, 6) is -0.613. The van der Waals surface area contributed by atoms with Gasteiger partial charge in [-0.3, -0.25) is 19.5 Å². The van der Waals surface area contributed by atoms with Gasteiger partial charge in [-0.15, -0.1) is 0 Å². The quantitative estimate of drug-likeness (QED) is 0.282. The molecular weight excluding hydrogens is 507 g/mol. The third-order valence-corrected chi connectivity index (χ3v) is 6.01. The molecule has 38 heavy (non-hydrogen) atoms. The van der Waals surface area contributed by atoms with Crippen LogP contribution in [0.15, 0.2) is 79.0 Å². The van der Waals surface area contributed by atoms with Crippen LogP contribution in [0.4, 0.5) is 10.3 Å². The van der Waals surface area contributed by atoms with Gasteiger partial charge in [0, 0.05) is 29.0 Å². The van der Waals surface area contributed by atoms with Gasteiger partial charge in [-0.05, 0) is 54.4 Å². The Morgan fingerprint density at radius 1 is 1.05 bits per heavy atom. The third-order valence-electron chi connectivity index (χ3n) is 5.76. The van der Waals surface area contributed by atoms with E-state index in [-0.39, 0.29) is 30.5 Å². The smallest absolute Gasteiger partial charge is 0.257 e. The van der Waals surface area contributed by atoms with Gasteiger partial charge in [-0.2, -0.15) is 0 Å². The monoisotopic (exact) mass is 534 g/mol. The average Bonchev–Trinajstić information content (AvgIpc) is 3.31. The molecule has 0 saturated carbocycles. The van der Waals surface area contributed by atoms with Crippen LogP contribution in [0.2, 0.25) is 5.02 Å². The first kappa shape index (κ1) is 26.9. The van der Waals surface area contributed by atoms with Crippen molar-refractivity contribution in [1.82, 2.24) is 14.5 Å². The van der Waals surface area contributed by atoms with E-state index in [0.717, 1.165) is 11.3 Å². The maximum Gasteiger partial charge on any atom is 0.257 e. The van der Waals surface area contributed by atoms with Gasteiger partial charge < -0.3 is 9.64 Å². The fraction of sp³-hybridized carbons (Fsp3) is 0.207. The number of amides is 2. The minimum Gasteiger partial charge on any atom is -0.497 e. The molecule has 0 radical (unpaired) electrons. The van der Waals surface area contributed by atoms with Crippen LogP contribution in [-0.4, -0.2) is 46.5 Å². The molecule has 0 aliphatic rings. The largest absolute Gasteiger partial charge is 0.497 e. The van der Waals surface area contributed by atoms with Gasteiger partial charge in [0.2, 0.25) is 11.9 Å². The molecule has 4 aromatic rings. The van der Waals surface area contributed by atoms with E-state index in [9.17, 15) is 14.0 Å². The Hall–Kier alpha value is -4.17. The molecule has 1 heterocycles. The number of rotatable bonds is 9. The van der Waals surface area contributed by atoms with Crippen molar-refractivity contribution in [2.24, 2.45) is 5.92 Å². The first-order valence-corrected chi connectivity index (χ1v) is 12.5. The molecule has 3 aromatic carbocycles. The molecule has 0 atom stereocenters. The number of imidazole rings is 1. The van der Waals surface area contributed by atoms with Crippen molar-refractivity contribution in [3.63, 3.8) is 0 Å². The highest BCUT2D eigenvalue weighted by molar-refractivity contribution is 6.30. The number of aromatic nitrogens is 2. The average molecular weight is 535 g/mol. The lowest BCUT2D eigenvalue weighted by Gasteiger charge is -2.24. The highest BCUT2D eigenvalue weighted by Crippen LogP contribution is 2.26. The molecule has 1 N–H and O–H groups in total. The molecule has 0 spiro atoms. The lowest BCUT2D eigenvalue weighted by atomic mass is 10.1. The van der Waals surface area contributed by atoms with Crippen LogP contribution in [0.5, 0.6) is 5.75 Å². The Bertz CT molecular complexity index is 1420. The van der Waals surface area contributed by atoms with E-state index < -0.39 is 17.6 Å². The maximum absolute atomic E-state index is 14.3. The normalized spacial score (nSPS) is 10.9. The van der Waals surface area contributed by atoms with E-state index in [1.165, 1.54) is 23.1 Å². The number of nitrogens with one attached hydrogen (secondary N) is 1. The first-order chi connectivity index (χ1) is 18.2. The fourth-order valence-corrected chi connectivity index (χ4v) is 4.10. The zero-order valence-corrected chi connectivity index (χ0v) is 22.1. The second kappa shape index (κ2) is 11.9. The van der Waals surface area contributed by atoms with E-state index >= 15 is 0 Å². The molecule has 196 valence electrons. The number of benzene rings is 3. The lowest BCUT2D eigenvalue weighted by Crippen LogP contribution is -2.40. The van der Waals surface area contributed by atoms with Gasteiger partial charge in [0.05, 0.1) is 18.4 Å². The lowest BCUT2D eigenvalue weighted by molar-refractivity contribution is -0.117. The number of carbonyl (C=O) groups excluding carboxylic acids is 2. The van der Waals surface area contributed by atoms with E-state index in [1.807, 2.05) is 38.1 Å². The van der Waals surface area contributed by atoms with Crippen molar-refractivity contribution < 1.29 is 18.7 Å². The molecule has 2 amide bonds. The maximum atomic E-state index is 14.3. The van der Waals surface area contributed by atoms with Crippen molar-refractivity contribution in [2.75, 3.05) is 25.5 Å². The molecule has 0 aliphatic heterocycles. The van der Waals surface area contributed by atoms with Crippen LogP contribution in [0.3, 0.4) is 0 Å². The summed E-state index contributed by atoms with van der Waals surface area (Å²) in [7, 11) is 1.59. The molecule has 0 fully saturated rings. The van der Waals surface area contributed by atoms with Crippen LogP contribution in [0.25, 0.3) is 16.9 Å². The summed E-state index contributed by atoms with van der Waals surface area (Å²) < 4.78 is 21.3. The summed E-state index contributed by atoms with van der Waals surface area (Å²) in [6, 6.07) is 20.3. The molecule has 0 saturated heterocycles. The topological polar surface area (TPSA) is 76.5 Å². The summed E-state index contributed by atoms with van der Waals surface area (Å²) in [6.07, 6.45) is 1.80. The molecule has 0 unspecified atom stereocenters. The van der Waals surface area contributed by atoms with E-state index in [4.69, 9.17) is 16.3 Å². The number of anilines is 1. The summed E-state index contributed by atoms with van der Waals surface area (Å²) in [5, 5.41) is 3.43. The fourth-order valence-electron chi connectivity index (χ4n) is 3.97. The van der Waals surface area contributed by atoms with E-state index in [1.54, 1.807) is 48.2 Å². The van der Waals surface area contributed by atoms with Gasteiger partial charge in [-0.1, -0.05) is 49.7 Å². The van der Waals surface area contributed by atoms with Crippen molar-refractivity contribution >= 4 is 29.4 Å². The Balaban J connectivity index is 1.63. The Morgan fingerprint density at radius 2 is 1.74 bits per heavy atom. The Kier molecular flexibility index (Phi) is 8.43. The molecule has 0 aliphatic carbocycles. The zero-order chi connectivity index (χ0) is 27.2. The number of methoxy groups -OCH3 is 1. The molecule has 7 nitrogen and oxygen atoms in total. The van der Waals surface area contributed by atoms with Crippen LogP contribution in [-0.2, 0) is 4.79 Å². The van der Waals surface area contributed by atoms with Crippen molar-refractivity contribution in [3.05, 3.63) is 95.4 Å². The SMILES string of the molecule is COc1ccc(-n2cc(-c3ccc(Cl)cc3)nc2NC(=O)CN(CC(C)C)C(=O)c2ccccc2F)cc1. The van der Waals surface area contributed by atoms with Gasteiger partial charge in [0.1, 0.15) is 18.1 Å². The second-order valence-electron chi connectivity index (χ2n) is 9.13. The third kappa shape index (κ3) is 6.39. The second-order valence-corrected chi connectivity index (χ2v) is 9.57. The number of nitrogens with zero attached hydrogens (tertiary/aromatic N) is 3. The summed E-state index contributed by atoms with van der Waals surface area (Å²) in [4.78, 5) is 32.3. The standard InChI is InChI=1S/C29H28ClFN4O3/c1-19(2)16-34(28(37)24-6-4-5-7-25(24)31)18-27(36)33-29-32-26(20-8-10-21(30)11-9-20)17-35(29)22-12-14-23(38-3)15-13-22/h4-15,17,19H,16,18H2,1-3H3,(H,32,33,36). The van der Waals surface area contributed by atoms with Gasteiger partial charge >= 0.3 is 0 Å². The van der Waals surface area contributed by atoms with Crippen molar-refractivity contribution in [3.8, 4) is 22.7 Å². The van der Waals surface area contributed by atoms with Crippen LogP contribution in [0, 0.1) is 11.7 Å². The van der Waals surface area contributed by atoms with Gasteiger partial charge in [0.15, 0.2) is 0 Å². The van der Waals surface area contributed by atoms with Crippen LogP contribution < -0.4 is 10.1 Å². The minimum absolute atomic E-state index is 0.0660. The van der Waals surface area contributed by atoms with E-state index in [0.29, 0.717) is 16.5 Å². The van der Waals surface area contributed by atoms with Gasteiger partial charge in [-0.25, -0.2) is 9.37 Å². The number of carbonyl (C=O) groups is 2. The van der Waals surface area contributed by atoms with Crippen LogP contribution >= 0.6 is 11.6 Å². The minimum atomic E-state index is -0.630. The molecule has 0 bridgehead atoms. The van der Waals surface area contributed by atoms with Crippen molar-refractivity contribution in [1.29, 1.82) is 0 Å². The van der Waals surface area contributed by atoms with Crippen LogP contribution in [0.1, 0.15) is 24.2 Å². The number of ether oxygens (including phenoxy) is 1. The molecule has 4 rings (SSSR count). The first-order valence-electron chi connectivity index (χ1n) is 12.1. The summed E-state index contributed by atoms with van der Waals surface area (Å²) in [5.41, 5.74) is 2.10. The molecule has 9 heteroatoms. The number of hydrogen-bond acceptors (Lipinski definition) is 4. The van der Waals surface area contributed by atoms with Gasteiger partial charge in [0.25, 0.3) is 5.91 Å². The Morgan fingerprint density at radius 3 is 2.37 bits per heavy atom. The molecular formula is C29H28ClFN4O3. The van der Waals surface area contributed by atoms with E-state index in [2.05, 4.69) is 10.3 Å².